The molecular formula is C24H26FN3O2. The van der Waals surface area contributed by atoms with E-state index in [9.17, 15) is 9.18 Å². The van der Waals surface area contributed by atoms with Crippen molar-refractivity contribution in [3.8, 4) is 0 Å². The Balaban J connectivity index is 1.37. The Morgan fingerprint density at radius 3 is 2.67 bits per heavy atom. The minimum atomic E-state index is -0.268. The fourth-order valence-electron chi connectivity index (χ4n) is 3.93. The number of halogens is 1. The van der Waals surface area contributed by atoms with Gasteiger partial charge in [-0.3, -0.25) is 9.48 Å². The van der Waals surface area contributed by atoms with Crippen molar-refractivity contribution in [1.29, 1.82) is 0 Å². The van der Waals surface area contributed by atoms with Gasteiger partial charge in [0.2, 0.25) is 5.91 Å². The Bertz CT molecular complexity index is 1020. The Morgan fingerprint density at radius 2 is 1.87 bits per heavy atom. The largest absolute Gasteiger partial charge is 0.370 e. The average Bonchev–Trinajstić information content (AvgIpc) is 3.09. The monoisotopic (exact) mass is 407 g/mol. The van der Waals surface area contributed by atoms with Gasteiger partial charge in [-0.05, 0) is 18.1 Å². The van der Waals surface area contributed by atoms with Crippen LogP contribution < -0.4 is 0 Å². The second-order valence-corrected chi connectivity index (χ2v) is 7.63. The van der Waals surface area contributed by atoms with Gasteiger partial charge in [0.15, 0.2) is 0 Å². The molecule has 2 heterocycles. The molecule has 0 radical (unpaired) electrons. The first-order valence-electron chi connectivity index (χ1n) is 10.3. The lowest BCUT2D eigenvalue weighted by Gasteiger charge is -2.28. The van der Waals surface area contributed by atoms with Crippen molar-refractivity contribution in [2.75, 3.05) is 6.54 Å². The number of carbonyl (C=O) groups is 1. The number of fused-ring (bicyclic) bond motifs is 1. The van der Waals surface area contributed by atoms with E-state index < -0.39 is 0 Å². The molecule has 0 atom stereocenters. The highest BCUT2D eigenvalue weighted by atomic mass is 19.1. The van der Waals surface area contributed by atoms with Crippen molar-refractivity contribution in [3.05, 3.63) is 88.5 Å². The molecule has 4 rings (SSSR count). The highest BCUT2D eigenvalue weighted by Crippen LogP contribution is 2.24. The van der Waals surface area contributed by atoms with Crippen molar-refractivity contribution in [2.24, 2.45) is 7.05 Å². The maximum Gasteiger partial charge on any atom is 0.223 e. The number of benzene rings is 2. The molecule has 0 fully saturated rings. The first-order chi connectivity index (χ1) is 14.6. The van der Waals surface area contributed by atoms with Gasteiger partial charge in [-0.2, -0.15) is 5.10 Å². The second kappa shape index (κ2) is 9.22. The van der Waals surface area contributed by atoms with Gasteiger partial charge < -0.3 is 9.64 Å². The molecule has 1 aliphatic heterocycles. The van der Waals surface area contributed by atoms with E-state index >= 15 is 0 Å². The first kappa shape index (κ1) is 20.3. The Morgan fingerprint density at radius 1 is 1.10 bits per heavy atom. The van der Waals surface area contributed by atoms with Crippen LogP contribution in [0, 0.1) is 5.82 Å². The first-order valence-corrected chi connectivity index (χ1v) is 10.3. The zero-order valence-corrected chi connectivity index (χ0v) is 17.2. The summed E-state index contributed by atoms with van der Waals surface area (Å²) in [5, 5.41) is 4.59. The molecule has 0 spiro atoms. The van der Waals surface area contributed by atoms with Crippen LogP contribution in [0.1, 0.15) is 34.5 Å². The number of nitrogens with zero attached hydrogens (tertiary/aromatic N) is 3. The minimum Gasteiger partial charge on any atom is -0.370 e. The molecule has 6 heteroatoms. The summed E-state index contributed by atoms with van der Waals surface area (Å²) in [7, 11) is 1.92. The van der Waals surface area contributed by atoms with E-state index in [0.29, 0.717) is 31.7 Å². The molecule has 0 aliphatic carbocycles. The van der Waals surface area contributed by atoms with E-state index in [-0.39, 0.29) is 18.3 Å². The molecule has 30 heavy (non-hydrogen) atoms. The number of aryl methyl sites for hydroxylation is 2. The van der Waals surface area contributed by atoms with Crippen LogP contribution in [0.5, 0.6) is 0 Å². The second-order valence-electron chi connectivity index (χ2n) is 7.63. The molecule has 1 amide bonds. The van der Waals surface area contributed by atoms with Gasteiger partial charge in [0, 0.05) is 49.8 Å². The molecule has 0 bridgehead atoms. The lowest BCUT2D eigenvalue weighted by Crippen LogP contribution is -2.36. The van der Waals surface area contributed by atoms with Gasteiger partial charge in [-0.1, -0.05) is 48.5 Å². The van der Waals surface area contributed by atoms with Crippen LogP contribution in [0.4, 0.5) is 4.39 Å². The highest BCUT2D eigenvalue weighted by Gasteiger charge is 2.26. The molecule has 3 aromatic rings. The maximum atomic E-state index is 13.8. The van der Waals surface area contributed by atoms with Crippen LogP contribution in [0.25, 0.3) is 0 Å². The zero-order chi connectivity index (χ0) is 20.9. The zero-order valence-electron chi connectivity index (χ0n) is 17.2. The third-order valence-corrected chi connectivity index (χ3v) is 5.60. The maximum absolute atomic E-state index is 13.8. The standard InChI is InChI=1S/C24H26FN3O2/c1-27-23-13-14-28(24(29)12-11-18-7-3-2-4-8-18)15-20(23)22(26-27)17-30-16-19-9-5-6-10-21(19)25/h2-10H,11-17H2,1H3. The summed E-state index contributed by atoms with van der Waals surface area (Å²) < 4.78 is 21.4. The predicted molar refractivity (Wildman–Crippen MR) is 112 cm³/mol. The lowest BCUT2D eigenvalue weighted by atomic mass is 10.0. The number of amides is 1. The number of ether oxygens (including phenoxy) is 1. The van der Waals surface area contributed by atoms with Gasteiger partial charge in [-0.25, -0.2) is 4.39 Å². The van der Waals surface area contributed by atoms with Crippen LogP contribution in [0.2, 0.25) is 0 Å². The van der Waals surface area contributed by atoms with Crippen LogP contribution in [-0.4, -0.2) is 27.1 Å². The highest BCUT2D eigenvalue weighted by molar-refractivity contribution is 5.76. The minimum absolute atomic E-state index is 0.159. The number of aromatic nitrogens is 2. The molecule has 0 saturated heterocycles. The summed E-state index contributed by atoms with van der Waals surface area (Å²) in [6.07, 6.45) is 2.02. The van der Waals surface area contributed by atoms with Crippen molar-refractivity contribution >= 4 is 5.91 Å². The van der Waals surface area contributed by atoms with Crippen molar-refractivity contribution in [1.82, 2.24) is 14.7 Å². The third kappa shape index (κ3) is 4.60. The molecule has 1 aliphatic rings. The summed E-state index contributed by atoms with van der Waals surface area (Å²) in [5.74, 6) is -0.109. The van der Waals surface area contributed by atoms with Crippen molar-refractivity contribution < 1.29 is 13.9 Å². The number of hydrogen-bond acceptors (Lipinski definition) is 3. The molecule has 2 aromatic carbocycles. The van der Waals surface area contributed by atoms with E-state index in [1.165, 1.54) is 11.6 Å². The number of hydrogen-bond donors (Lipinski definition) is 0. The smallest absolute Gasteiger partial charge is 0.223 e. The van der Waals surface area contributed by atoms with E-state index in [1.54, 1.807) is 18.2 Å². The summed E-state index contributed by atoms with van der Waals surface area (Å²) in [6, 6.07) is 16.7. The van der Waals surface area contributed by atoms with Crippen molar-refractivity contribution in [2.45, 2.75) is 39.0 Å². The van der Waals surface area contributed by atoms with Crippen LogP contribution >= 0.6 is 0 Å². The van der Waals surface area contributed by atoms with E-state index in [2.05, 4.69) is 5.10 Å². The molecule has 5 nitrogen and oxygen atoms in total. The van der Waals surface area contributed by atoms with Gasteiger partial charge in [0.1, 0.15) is 5.82 Å². The van der Waals surface area contributed by atoms with Gasteiger partial charge >= 0.3 is 0 Å². The molecule has 156 valence electrons. The van der Waals surface area contributed by atoms with E-state index in [0.717, 1.165) is 29.8 Å². The van der Waals surface area contributed by atoms with Crippen molar-refractivity contribution in [3.63, 3.8) is 0 Å². The van der Waals surface area contributed by atoms with Crippen LogP contribution in [0.15, 0.2) is 54.6 Å². The van der Waals surface area contributed by atoms with Gasteiger partial charge in [-0.15, -0.1) is 0 Å². The third-order valence-electron chi connectivity index (χ3n) is 5.60. The summed E-state index contributed by atoms with van der Waals surface area (Å²) >= 11 is 0. The quantitative estimate of drug-likeness (QED) is 0.599. The Hall–Kier alpha value is -2.99. The van der Waals surface area contributed by atoms with Gasteiger partial charge in [0.05, 0.1) is 18.9 Å². The Kier molecular flexibility index (Phi) is 6.23. The summed E-state index contributed by atoms with van der Waals surface area (Å²) in [4.78, 5) is 14.7. The Labute approximate surface area is 176 Å². The summed E-state index contributed by atoms with van der Waals surface area (Å²) in [5.41, 5.74) is 4.73. The normalized spacial score (nSPS) is 13.3. The number of carbonyl (C=O) groups excluding carboxylic acids is 1. The molecule has 0 unspecified atom stereocenters. The SMILES string of the molecule is Cn1nc(COCc2ccccc2F)c2c1CCN(C(=O)CCc1ccccc1)C2. The van der Waals surface area contributed by atoms with Crippen LogP contribution in [0.3, 0.4) is 0 Å². The molecule has 0 saturated carbocycles. The fraction of sp³-hybridized carbons (Fsp3) is 0.333. The molecule has 1 aromatic heterocycles. The topological polar surface area (TPSA) is 47.4 Å². The van der Waals surface area contributed by atoms with E-state index in [4.69, 9.17) is 4.74 Å². The summed E-state index contributed by atoms with van der Waals surface area (Å²) in [6.45, 7) is 1.74. The lowest BCUT2D eigenvalue weighted by molar-refractivity contribution is -0.132. The van der Waals surface area contributed by atoms with E-state index in [1.807, 2.05) is 47.0 Å². The molecular weight excluding hydrogens is 381 g/mol. The predicted octanol–water partition coefficient (Wildman–Crippen LogP) is 3.79. The number of rotatable bonds is 7. The van der Waals surface area contributed by atoms with Crippen LogP contribution in [-0.2, 0) is 49.2 Å². The van der Waals surface area contributed by atoms with Gasteiger partial charge in [0.25, 0.3) is 0 Å². The fourth-order valence-corrected chi connectivity index (χ4v) is 3.93. The average molecular weight is 407 g/mol. The molecule has 0 N–H and O–H groups in total.